The number of hydrogen-bond acceptors (Lipinski definition) is 5. The van der Waals surface area contributed by atoms with E-state index in [0.29, 0.717) is 6.41 Å². The lowest BCUT2D eigenvalue weighted by Gasteiger charge is -2.26. The molecule has 8 heteroatoms. The normalized spacial score (nSPS) is 10.5. The molecule has 0 spiro atoms. The van der Waals surface area contributed by atoms with E-state index in [9.17, 15) is 14.4 Å². The van der Waals surface area contributed by atoms with Crippen molar-refractivity contribution in [2.45, 2.75) is 19.9 Å². The van der Waals surface area contributed by atoms with Crippen molar-refractivity contribution in [3.8, 4) is 0 Å². The summed E-state index contributed by atoms with van der Waals surface area (Å²) in [5.74, 6) is -1.16. The number of aliphatic hydroxyl groups excluding tert-OH is 2. The number of hydrogen-bond donors (Lipinski definition) is 4. The number of nitrogens with zero attached hydrogens (tertiary/aromatic N) is 1. The Hall–Kier alpha value is -1.67. The third-order valence-electron chi connectivity index (χ3n) is 2.70. The van der Waals surface area contributed by atoms with E-state index in [2.05, 4.69) is 10.6 Å². The summed E-state index contributed by atoms with van der Waals surface area (Å²) in [6.07, 6.45) is 0.420. The van der Waals surface area contributed by atoms with Crippen molar-refractivity contribution in [1.29, 1.82) is 0 Å². The van der Waals surface area contributed by atoms with Gasteiger partial charge >= 0.3 is 0 Å². The third kappa shape index (κ3) is 7.05. The van der Waals surface area contributed by atoms with Crippen molar-refractivity contribution in [2.24, 2.45) is 5.92 Å². The molecule has 0 saturated heterocycles. The minimum absolute atomic E-state index is 0.137. The van der Waals surface area contributed by atoms with E-state index < -0.39 is 5.92 Å². The Morgan fingerprint density at radius 3 is 2.30 bits per heavy atom. The van der Waals surface area contributed by atoms with Gasteiger partial charge in [0.05, 0.1) is 13.1 Å². The molecule has 20 heavy (non-hydrogen) atoms. The monoisotopic (exact) mass is 289 g/mol. The maximum absolute atomic E-state index is 11.8. The van der Waals surface area contributed by atoms with Crippen molar-refractivity contribution in [1.82, 2.24) is 15.5 Å². The number of carbonyl (C=O) groups is 3. The predicted molar refractivity (Wildman–Crippen MR) is 71.6 cm³/mol. The molecule has 0 heterocycles. The van der Waals surface area contributed by atoms with Crippen molar-refractivity contribution >= 4 is 18.2 Å². The number of carbonyl (C=O) groups excluding carboxylic acids is 3. The molecule has 8 nitrogen and oxygen atoms in total. The van der Waals surface area contributed by atoms with Gasteiger partial charge in [0.25, 0.3) is 0 Å². The van der Waals surface area contributed by atoms with E-state index in [0.717, 1.165) is 0 Å². The fourth-order valence-corrected chi connectivity index (χ4v) is 1.44. The molecule has 3 amide bonds. The van der Waals surface area contributed by atoms with Crippen LogP contribution in [0.3, 0.4) is 0 Å². The quantitative estimate of drug-likeness (QED) is 0.337. The lowest BCUT2D eigenvalue weighted by atomic mass is 10.2. The highest BCUT2D eigenvalue weighted by Crippen LogP contribution is 1.99. The second-order valence-corrected chi connectivity index (χ2v) is 4.65. The standard InChI is InChI=1S/C12H23N3O5/c1-9(2)15(12(20)4-13-8-18)5-11(19)14-3-10(6-16)7-17/h8-10,16-17H,3-7H2,1-2H3,(H,13,18)(H,14,19). The van der Waals surface area contributed by atoms with Crippen LogP contribution in [-0.4, -0.2) is 72.2 Å². The van der Waals surface area contributed by atoms with E-state index in [4.69, 9.17) is 10.2 Å². The van der Waals surface area contributed by atoms with E-state index >= 15 is 0 Å². The Labute approximate surface area is 118 Å². The van der Waals surface area contributed by atoms with Crippen LogP contribution in [0.15, 0.2) is 0 Å². The number of aliphatic hydroxyl groups is 2. The fourth-order valence-electron chi connectivity index (χ4n) is 1.44. The molecule has 0 unspecified atom stereocenters. The molecule has 4 N–H and O–H groups in total. The summed E-state index contributed by atoms with van der Waals surface area (Å²) in [6, 6.07) is -0.187. The molecule has 0 aliphatic carbocycles. The zero-order chi connectivity index (χ0) is 15.5. The summed E-state index contributed by atoms with van der Waals surface area (Å²) in [5, 5.41) is 22.5. The summed E-state index contributed by atoms with van der Waals surface area (Å²) in [5.41, 5.74) is 0. The van der Waals surface area contributed by atoms with Crippen LogP contribution in [0, 0.1) is 5.92 Å². The van der Waals surface area contributed by atoms with Crippen molar-refractivity contribution in [3.63, 3.8) is 0 Å². The number of rotatable bonds is 10. The molecule has 0 saturated carbocycles. The Morgan fingerprint density at radius 2 is 1.85 bits per heavy atom. The minimum Gasteiger partial charge on any atom is -0.396 e. The van der Waals surface area contributed by atoms with Gasteiger partial charge in [-0.25, -0.2) is 0 Å². The highest BCUT2D eigenvalue weighted by molar-refractivity contribution is 5.86. The van der Waals surface area contributed by atoms with Crippen LogP contribution < -0.4 is 10.6 Å². The lowest BCUT2D eigenvalue weighted by Crippen LogP contribution is -2.48. The molecular weight excluding hydrogens is 266 g/mol. The Kier molecular flexibility index (Phi) is 9.31. The molecule has 0 radical (unpaired) electrons. The minimum atomic E-state index is -0.418. The first-order valence-electron chi connectivity index (χ1n) is 6.41. The molecule has 0 aromatic rings. The highest BCUT2D eigenvalue weighted by atomic mass is 16.3. The molecular formula is C12H23N3O5. The van der Waals surface area contributed by atoms with E-state index in [1.54, 1.807) is 13.8 Å². The van der Waals surface area contributed by atoms with Gasteiger partial charge in [-0.2, -0.15) is 0 Å². The van der Waals surface area contributed by atoms with Gasteiger partial charge in [-0.15, -0.1) is 0 Å². The average molecular weight is 289 g/mol. The zero-order valence-electron chi connectivity index (χ0n) is 11.8. The van der Waals surface area contributed by atoms with E-state index in [1.807, 2.05) is 0 Å². The second-order valence-electron chi connectivity index (χ2n) is 4.65. The zero-order valence-corrected chi connectivity index (χ0v) is 11.8. The fraction of sp³-hybridized carbons (Fsp3) is 0.750. The topological polar surface area (TPSA) is 119 Å². The van der Waals surface area contributed by atoms with Crippen molar-refractivity contribution in [3.05, 3.63) is 0 Å². The van der Waals surface area contributed by atoms with E-state index in [-0.39, 0.29) is 50.7 Å². The van der Waals surface area contributed by atoms with Gasteiger partial charge in [-0.3, -0.25) is 14.4 Å². The van der Waals surface area contributed by atoms with Crippen LogP contribution in [0.5, 0.6) is 0 Å². The van der Waals surface area contributed by atoms with Crippen LogP contribution in [0.1, 0.15) is 13.8 Å². The van der Waals surface area contributed by atoms with Crippen LogP contribution in [0.25, 0.3) is 0 Å². The summed E-state index contributed by atoms with van der Waals surface area (Å²) < 4.78 is 0. The van der Waals surface area contributed by atoms with Crippen molar-refractivity contribution in [2.75, 3.05) is 32.8 Å². The molecule has 116 valence electrons. The summed E-state index contributed by atoms with van der Waals surface area (Å²) >= 11 is 0. The van der Waals surface area contributed by atoms with Crippen LogP contribution in [0.2, 0.25) is 0 Å². The van der Waals surface area contributed by atoms with Gasteiger partial charge < -0.3 is 25.7 Å². The molecule has 0 rings (SSSR count). The highest BCUT2D eigenvalue weighted by Gasteiger charge is 2.20. The number of amides is 3. The molecule has 0 bridgehead atoms. The molecule has 0 aliphatic rings. The average Bonchev–Trinajstić information content (AvgIpc) is 2.42. The molecule has 0 fully saturated rings. The SMILES string of the molecule is CC(C)N(CC(=O)NCC(CO)CO)C(=O)CNC=O. The van der Waals surface area contributed by atoms with Crippen LogP contribution >= 0.6 is 0 Å². The molecule has 0 atom stereocenters. The molecule has 0 aromatic heterocycles. The van der Waals surface area contributed by atoms with Gasteiger partial charge in [0.15, 0.2) is 0 Å². The maximum Gasteiger partial charge on any atom is 0.242 e. The molecule has 0 aromatic carbocycles. The Balaban J connectivity index is 4.33. The smallest absolute Gasteiger partial charge is 0.242 e. The maximum atomic E-state index is 11.8. The first-order chi connectivity index (χ1) is 9.46. The van der Waals surface area contributed by atoms with Gasteiger partial charge in [-0.1, -0.05) is 0 Å². The third-order valence-corrected chi connectivity index (χ3v) is 2.70. The first kappa shape index (κ1) is 18.3. The second kappa shape index (κ2) is 10.2. The lowest BCUT2D eigenvalue weighted by molar-refractivity contribution is -0.137. The van der Waals surface area contributed by atoms with Crippen molar-refractivity contribution < 1.29 is 24.6 Å². The van der Waals surface area contributed by atoms with Gasteiger partial charge in [0, 0.05) is 31.7 Å². The largest absolute Gasteiger partial charge is 0.396 e. The summed E-state index contributed by atoms with van der Waals surface area (Å²) in [4.78, 5) is 35.0. The van der Waals surface area contributed by atoms with Crippen LogP contribution in [-0.2, 0) is 14.4 Å². The summed E-state index contributed by atoms with van der Waals surface area (Å²) in [7, 11) is 0. The Morgan fingerprint density at radius 1 is 1.25 bits per heavy atom. The first-order valence-corrected chi connectivity index (χ1v) is 6.41. The Bertz CT molecular complexity index is 318. The van der Waals surface area contributed by atoms with Gasteiger partial charge in [0.2, 0.25) is 18.2 Å². The van der Waals surface area contributed by atoms with E-state index in [1.165, 1.54) is 4.90 Å². The molecule has 0 aliphatic heterocycles. The van der Waals surface area contributed by atoms with Gasteiger partial charge in [0.1, 0.15) is 0 Å². The van der Waals surface area contributed by atoms with Crippen LogP contribution in [0.4, 0.5) is 0 Å². The number of nitrogens with one attached hydrogen (secondary N) is 2. The van der Waals surface area contributed by atoms with Gasteiger partial charge in [-0.05, 0) is 13.8 Å². The summed E-state index contributed by atoms with van der Waals surface area (Å²) in [6.45, 7) is 2.90. The predicted octanol–water partition coefficient (Wildman–Crippen LogP) is -2.31.